The minimum Gasteiger partial charge on any atom is -0.449 e. The third kappa shape index (κ3) is 3.80. The number of pyridine rings is 1. The number of H-pyrrole nitrogens is 1. The summed E-state index contributed by atoms with van der Waals surface area (Å²) in [5.74, 6) is 0.718. The van der Waals surface area contributed by atoms with Gasteiger partial charge in [0.25, 0.3) is 5.56 Å². The first-order valence-corrected chi connectivity index (χ1v) is 9.29. The lowest BCUT2D eigenvalue weighted by molar-refractivity contribution is -0.117. The molecule has 3 heterocycles. The van der Waals surface area contributed by atoms with Gasteiger partial charge in [0, 0.05) is 16.1 Å². The van der Waals surface area contributed by atoms with Crippen molar-refractivity contribution in [3.05, 3.63) is 63.2 Å². The predicted molar refractivity (Wildman–Crippen MR) is 109 cm³/mol. The summed E-state index contributed by atoms with van der Waals surface area (Å²) in [5, 5.41) is 3.51. The van der Waals surface area contributed by atoms with E-state index < -0.39 is 0 Å². The van der Waals surface area contributed by atoms with E-state index in [1.165, 1.54) is 0 Å². The van der Waals surface area contributed by atoms with E-state index in [0.29, 0.717) is 29.3 Å². The van der Waals surface area contributed by atoms with Crippen LogP contribution in [0.15, 0.2) is 56.3 Å². The number of carbonyl (C=O) groups excluding carboxylic acids is 1. The molecule has 0 aliphatic rings. The molecule has 0 fully saturated rings. The Morgan fingerprint density at radius 2 is 2.11 bits per heavy atom. The third-order valence-corrected chi connectivity index (χ3v) is 4.58. The van der Waals surface area contributed by atoms with Crippen LogP contribution in [0.5, 0.6) is 0 Å². The zero-order chi connectivity index (χ0) is 19.7. The molecule has 0 atom stereocenters. The number of likely N-dealkylation sites (N-methyl/N-ethyl adjacent to an activating group) is 1. The lowest BCUT2D eigenvalue weighted by atomic mass is 10.2. The molecule has 9 heteroatoms. The number of benzene rings is 1. The zero-order valence-electron chi connectivity index (χ0n) is 14.9. The number of nitrogens with zero attached hydrogens (tertiary/aromatic N) is 3. The first-order chi connectivity index (χ1) is 13.5. The first-order valence-electron chi connectivity index (χ1n) is 8.50. The Bertz CT molecular complexity index is 1220. The SMILES string of the molecule is CN(CC(=O)Nc1ccc(Br)cn1)Cc1nc2c(oc3ccccc32)c(=O)[nH]1. The van der Waals surface area contributed by atoms with Gasteiger partial charge < -0.3 is 14.7 Å². The summed E-state index contributed by atoms with van der Waals surface area (Å²) in [4.78, 5) is 37.6. The molecule has 0 aliphatic heterocycles. The maximum Gasteiger partial charge on any atom is 0.294 e. The van der Waals surface area contributed by atoms with Crippen molar-refractivity contribution in [2.75, 3.05) is 18.9 Å². The van der Waals surface area contributed by atoms with Gasteiger partial charge >= 0.3 is 0 Å². The fourth-order valence-electron chi connectivity index (χ4n) is 2.91. The summed E-state index contributed by atoms with van der Waals surface area (Å²) >= 11 is 3.30. The van der Waals surface area contributed by atoms with E-state index in [0.717, 1.165) is 9.86 Å². The quantitative estimate of drug-likeness (QED) is 0.493. The molecule has 1 aromatic carbocycles. The lowest BCUT2D eigenvalue weighted by Gasteiger charge is -2.15. The molecule has 2 N–H and O–H groups in total. The Labute approximate surface area is 167 Å². The van der Waals surface area contributed by atoms with Crippen molar-refractivity contribution in [3.63, 3.8) is 0 Å². The van der Waals surface area contributed by atoms with Gasteiger partial charge in [0.05, 0.1) is 13.1 Å². The molecule has 1 amide bonds. The molecule has 3 aromatic heterocycles. The van der Waals surface area contributed by atoms with Gasteiger partial charge in [-0.25, -0.2) is 9.97 Å². The van der Waals surface area contributed by atoms with E-state index in [1.54, 1.807) is 36.3 Å². The number of hydrogen-bond acceptors (Lipinski definition) is 6. The molecule has 28 heavy (non-hydrogen) atoms. The molecule has 0 saturated heterocycles. The highest BCUT2D eigenvalue weighted by molar-refractivity contribution is 9.10. The molecule has 4 rings (SSSR count). The Morgan fingerprint density at radius 1 is 1.29 bits per heavy atom. The Hall–Kier alpha value is -3.04. The highest BCUT2D eigenvalue weighted by atomic mass is 79.9. The summed E-state index contributed by atoms with van der Waals surface area (Å²) in [6, 6.07) is 10.9. The van der Waals surface area contributed by atoms with E-state index in [2.05, 4.69) is 36.2 Å². The average Bonchev–Trinajstić information content (AvgIpc) is 3.03. The fraction of sp³-hybridized carbons (Fsp3) is 0.158. The van der Waals surface area contributed by atoms with Gasteiger partial charge in [0.1, 0.15) is 22.7 Å². The van der Waals surface area contributed by atoms with Gasteiger partial charge in [0.15, 0.2) is 0 Å². The van der Waals surface area contributed by atoms with Crippen LogP contribution < -0.4 is 10.9 Å². The van der Waals surface area contributed by atoms with Crippen LogP contribution in [0, 0.1) is 0 Å². The van der Waals surface area contributed by atoms with Crippen molar-refractivity contribution in [1.29, 1.82) is 0 Å². The number of carbonyl (C=O) groups is 1. The van der Waals surface area contributed by atoms with Crippen LogP contribution in [-0.2, 0) is 11.3 Å². The maximum atomic E-state index is 12.3. The van der Waals surface area contributed by atoms with E-state index in [-0.39, 0.29) is 23.6 Å². The van der Waals surface area contributed by atoms with Crippen LogP contribution in [0.3, 0.4) is 0 Å². The number of halogens is 1. The van der Waals surface area contributed by atoms with Crippen molar-refractivity contribution < 1.29 is 9.21 Å². The molecular weight excluding hydrogens is 426 g/mol. The summed E-state index contributed by atoms with van der Waals surface area (Å²) in [6.07, 6.45) is 1.61. The number of hydrogen-bond donors (Lipinski definition) is 2. The summed E-state index contributed by atoms with van der Waals surface area (Å²) in [5.41, 5.74) is 0.994. The Morgan fingerprint density at radius 3 is 2.89 bits per heavy atom. The summed E-state index contributed by atoms with van der Waals surface area (Å²) in [6.45, 7) is 0.414. The van der Waals surface area contributed by atoms with E-state index in [1.807, 2.05) is 18.2 Å². The topological polar surface area (TPSA) is 104 Å². The van der Waals surface area contributed by atoms with Crippen molar-refractivity contribution in [2.24, 2.45) is 0 Å². The normalized spacial score (nSPS) is 11.4. The molecule has 0 radical (unpaired) electrons. The van der Waals surface area contributed by atoms with Gasteiger partial charge in [-0.1, -0.05) is 12.1 Å². The van der Waals surface area contributed by atoms with Crippen LogP contribution in [-0.4, -0.2) is 39.4 Å². The number of rotatable bonds is 5. The number of nitrogens with one attached hydrogen (secondary N) is 2. The first kappa shape index (κ1) is 18.3. The van der Waals surface area contributed by atoms with Crippen LogP contribution in [0.1, 0.15) is 5.82 Å². The number of para-hydroxylation sites is 1. The molecule has 0 bridgehead atoms. The molecule has 8 nitrogen and oxygen atoms in total. The Balaban J connectivity index is 1.49. The van der Waals surface area contributed by atoms with Crippen molar-refractivity contribution in [2.45, 2.75) is 6.54 Å². The molecule has 0 unspecified atom stereocenters. The van der Waals surface area contributed by atoms with Crippen molar-refractivity contribution in [3.8, 4) is 0 Å². The molecule has 142 valence electrons. The number of amides is 1. The standard InChI is InChI=1S/C19H16BrN5O3/c1-25(10-16(26)22-14-7-6-11(20)8-21-14)9-15-23-17-12-4-2-3-5-13(12)28-18(17)19(27)24-15/h2-8H,9-10H2,1H3,(H,21,22,26)(H,23,24,27). The van der Waals surface area contributed by atoms with Crippen molar-refractivity contribution >= 4 is 49.7 Å². The maximum absolute atomic E-state index is 12.3. The third-order valence-electron chi connectivity index (χ3n) is 4.11. The fourth-order valence-corrected chi connectivity index (χ4v) is 3.15. The minimum absolute atomic E-state index is 0.117. The summed E-state index contributed by atoms with van der Waals surface area (Å²) < 4.78 is 6.42. The van der Waals surface area contributed by atoms with E-state index in [9.17, 15) is 9.59 Å². The number of furan rings is 1. The van der Waals surface area contributed by atoms with Gasteiger partial charge in [-0.15, -0.1) is 0 Å². The van der Waals surface area contributed by atoms with Crippen LogP contribution in [0.2, 0.25) is 0 Å². The molecule has 0 aliphatic carbocycles. The van der Waals surface area contributed by atoms with E-state index >= 15 is 0 Å². The summed E-state index contributed by atoms with van der Waals surface area (Å²) in [7, 11) is 1.77. The molecule has 4 aromatic rings. The van der Waals surface area contributed by atoms with Gasteiger partial charge in [-0.05, 0) is 47.2 Å². The number of anilines is 1. The van der Waals surface area contributed by atoms with Gasteiger partial charge in [0.2, 0.25) is 11.5 Å². The smallest absolute Gasteiger partial charge is 0.294 e. The zero-order valence-corrected chi connectivity index (χ0v) is 16.5. The lowest BCUT2D eigenvalue weighted by Crippen LogP contribution is -2.31. The van der Waals surface area contributed by atoms with Gasteiger partial charge in [-0.2, -0.15) is 0 Å². The molecule has 0 saturated carbocycles. The van der Waals surface area contributed by atoms with E-state index in [4.69, 9.17) is 4.42 Å². The van der Waals surface area contributed by atoms with Crippen molar-refractivity contribution in [1.82, 2.24) is 19.9 Å². The molecular formula is C19H16BrN5O3. The predicted octanol–water partition coefficient (Wildman–Crippen LogP) is 2.90. The second kappa shape index (κ2) is 7.53. The number of aromatic nitrogens is 3. The Kier molecular flexibility index (Phi) is 4.93. The van der Waals surface area contributed by atoms with Crippen LogP contribution in [0.25, 0.3) is 22.1 Å². The average molecular weight is 442 g/mol. The largest absolute Gasteiger partial charge is 0.449 e. The molecule has 0 spiro atoms. The highest BCUT2D eigenvalue weighted by Gasteiger charge is 2.15. The van der Waals surface area contributed by atoms with Crippen LogP contribution >= 0.6 is 15.9 Å². The monoisotopic (exact) mass is 441 g/mol. The van der Waals surface area contributed by atoms with Crippen LogP contribution in [0.4, 0.5) is 5.82 Å². The second-order valence-electron chi connectivity index (χ2n) is 6.37. The van der Waals surface area contributed by atoms with Gasteiger partial charge in [-0.3, -0.25) is 14.5 Å². The second-order valence-corrected chi connectivity index (χ2v) is 7.29. The number of aromatic amines is 1. The highest BCUT2D eigenvalue weighted by Crippen LogP contribution is 2.24. The minimum atomic E-state index is -0.340. The number of fused-ring (bicyclic) bond motifs is 3.